The van der Waals surface area contributed by atoms with Gasteiger partial charge in [0.1, 0.15) is 12.4 Å². The van der Waals surface area contributed by atoms with Crippen LogP contribution in [-0.4, -0.2) is 173 Å². The number of hydrogen-bond acceptors (Lipinski definition) is 15. The highest BCUT2D eigenvalue weighted by molar-refractivity contribution is 6.31. The van der Waals surface area contributed by atoms with Crippen molar-refractivity contribution in [3.05, 3.63) is 292 Å². The number of ether oxygens (including phenoxy) is 4. The number of fused-ring (bicyclic) bond motifs is 5. The molecule has 0 radical (unpaired) electrons. The number of halogens is 4. The number of piperidine rings is 2. The second kappa shape index (κ2) is 40.4. The topological polar surface area (TPSA) is 235 Å². The summed E-state index contributed by atoms with van der Waals surface area (Å²) in [6.07, 6.45) is 39.5. The van der Waals surface area contributed by atoms with E-state index in [1.54, 1.807) is 11.1 Å². The number of nitrogens with two attached hydrogens (primary N) is 2. The Kier molecular flexibility index (Phi) is 28.0. The number of amides is 2. The summed E-state index contributed by atoms with van der Waals surface area (Å²) in [6.45, 7) is 15.1. The SMILES string of the molecule is Cc1ccc(-n2c(C)c(C3=CCOCC3)c3ccncc32)cc1.Clc1ccc(-n2cc(C3CCOCC3)c3ccncc32)nc1.Clc1ccc(-n2cc(N3CCOCC3)c3ccncc32)cc1.NCCCC(=O)N1CCC(c2cn(-c3ccc(Cl)cc3)c3cnccc23)CC1.NCCOC(=O)N1CCC(c2cn(-c3ccc(Cl)cc3)c3cnccc23)CC1. The zero-order valence-electron chi connectivity index (χ0n) is 69.1. The number of benzene rings is 4. The van der Waals surface area contributed by atoms with Crippen LogP contribution in [0.15, 0.2) is 239 Å². The second-order valence-electron chi connectivity index (χ2n) is 31.4. The van der Waals surface area contributed by atoms with E-state index >= 15 is 0 Å². The molecule has 20 rings (SSSR count). The first-order valence-electron chi connectivity index (χ1n) is 42.2. The highest BCUT2D eigenvalue weighted by Crippen LogP contribution is 2.42. The van der Waals surface area contributed by atoms with Crippen molar-refractivity contribution in [2.45, 2.75) is 89.4 Å². The van der Waals surface area contributed by atoms with Gasteiger partial charge in [-0.2, -0.15) is 0 Å². The molecule has 0 aliphatic carbocycles. The van der Waals surface area contributed by atoms with Crippen LogP contribution in [0, 0.1) is 13.8 Å². The zero-order chi connectivity index (χ0) is 84.7. The number of aryl methyl sites for hydroxylation is 1. The van der Waals surface area contributed by atoms with Crippen LogP contribution in [0.2, 0.25) is 20.1 Å². The Labute approximate surface area is 735 Å². The van der Waals surface area contributed by atoms with Crippen LogP contribution in [0.4, 0.5) is 10.5 Å². The van der Waals surface area contributed by atoms with Gasteiger partial charge in [0.05, 0.1) is 95.7 Å². The first-order valence-corrected chi connectivity index (χ1v) is 43.8. The zero-order valence-corrected chi connectivity index (χ0v) is 72.1. The highest BCUT2D eigenvalue weighted by Gasteiger charge is 2.30. The fourth-order valence-corrected chi connectivity index (χ4v) is 17.9. The lowest BCUT2D eigenvalue weighted by Crippen LogP contribution is -2.38. The smallest absolute Gasteiger partial charge is 0.409 e. The summed E-state index contributed by atoms with van der Waals surface area (Å²) in [6, 6.07) is 46.5. The molecule has 5 aliphatic heterocycles. The summed E-state index contributed by atoms with van der Waals surface area (Å²) in [7, 11) is 0. The molecule has 15 aromatic rings. The Morgan fingerprint density at radius 1 is 0.439 bits per heavy atom. The number of hydrogen-bond donors (Lipinski definition) is 2. The molecule has 632 valence electrons. The minimum atomic E-state index is -0.267. The van der Waals surface area contributed by atoms with E-state index in [4.69, 9.17) is 76.8 Å². The molecule has 0 unspecified atom stereocenters. The van der Waals surface area contributed by atoms with Crippen molar-refractivity contribution in [2.75, 3.05) is 104 Å². The summed E-state index contributed by atoms with van der Waals surface area (Å²) in [4.78, 5) is 56.5. The number of morpholine rings is 1. The maximum atomic E-state index is 12.3. The molecule has 5 aliphatic rings. The van der Waals surface area contributed by atoms with Gasteiger partial charge in [-0.3, -0.25) is 34.3 Å². The van der Waals surface area contributed by atoms with Crippen molar-refractivity contribution < 1.29 is 28.5 Å². The Bertz CT molecular complexity index is 5820. The van der Waals surface area contributed by atoms with Gasteiger partial charge in [0.25, 0.3) is 0 Å². The van der Waals surface area contributed by atoms with Crippen molar-refractivity contribution in [1.82, 2.24) is 62.5 Å². The quantitative estimate of drug-likeness (QED) is 0.0971. The van der Waals surface area contributed by atoms with Crippen molar-refractivity contribution in [2.24, 2.45) is 11.5 Å². The average Bonchev–Trinajstić information content (AvgIpc) is 1.59. The predicted octanol–water partition coefficient (Wildman–Crippen LogP) is 20.0. The van der Waals surface area contributed by atoms with Gasteiger partial charge in [0, 0.05) is 203 Å². The molecule has 0 atom stereocenters. The standard InChI is InChI=1S/C22H25ClN4O.C21H23ClN4O2.C20H20N2O.2C17H16ClN3O/c23-17-3-5-18(6-4-17)27-15-20(19-7-11-25-14-21(19)27)16-8-12-26(13-9-16)22(28)2-1-10-24;22-16-1-3-17(4-2-16)26-14-19(18-5-9-24-13-20(18)26)15-6-10-25(11-7-15)21(27)28-12-8-23;1-14-3-5-17(6-4-14)22-15(2)20(16-8-11-23-12-9-16)18-7-10-21-13-19(18)22;18-13-1-3-14(4-2-13)21-12-17(20-7-9-22-10-8-20)15-5-6-19-11-16(15)21;18-13-1-2-17(20-9-13)21-11-15(12-4-7-22-8-5-12)14-3-6-19-10-16(14)21/h3-7,11,14-16H,1-2,8-10,12-13,24H2;1-5,9,13-15H,6-8,10-12,23H2;3-8,10,13H,9,11-12H2,1-2H3;1-6,11-12H,7-10H2;1-3,6,9-12H,4-5,7-8H2. The number of rotatable bonds is 15. The normalized spacial score (nSPS) is 15.4. The molecule has 4 fully saturated rings. The van der Waals surface area contributed by atoms with E-state index in [0.29, 0.717) is 67.0 Å². The van der Waals surface area contributed by atoms with Crippen LogP contribution in [0.25, 0.3) is 88.7 Å². The maximum absolute atomic E-state index is 12.3. The predicted molar refractivity (Wildman–Crippen MR) is 493 cm³/mol. The number of anilines is 1. The lowest BCUT2D eigenvalue weighted by molar-refractivity contribution is -0.132. The molecule has 4 saturated heterocycles. The van der Waals surface area contributed by atoms with Crippen molar-refractivity contribution in [3.63, 3.8) is 0 Å². The molecule has 26 heteroatoms. The van der Waals surface area contributed by atoms with E-state index in [9.17, 15) is 9.59 Å². The first-order chi connectivity index (χ1) is 60.2. The van der Waals surface area contributed by atoms with E-state index < -0.39 is 0 Å². The van der Waals surface area contributed by atoms with Crippen LogP contribution < -0.4 is 16.4 Å². The minimum Gasteiger partial charge on any atom is -0.448 e. The van der Waals surface area contributed by atoms with Gasteiger partial charge in [-0.05, 0) is 239 Å². The number of carbonyl (C=O) groups excluding carboxylic acids is 2. The van der Waals surface area contributed by atoms with Crippen LogP contribution in [-0.2, 0) is 23.7 Å². The van der Waals surface area contributed by atoms with Gasteiger partial charge in [-0.1, -0.05) is 70.2 Å². The molecule has 123 heavy (non-hydrogen) atoms. The second-order valence-corrected chi connectivity index (χ2v) is 33.1. The first kappa shape index (κ1) is 85.3. The molecule has 4 aromatic carbocycles. The van der Waals surface area contributed by atoms with Crippen molar-refractivity contribution in [1.29, 1.82) is 0 Å². The summed E-state index contributed by atoms with van der Waals surface area (Å²) in [5.74, 6) is 2.46. The molecule has 22 nitrogen and oxygen atoms in total. The minimum absolute atomic E-state index is 0.233. The molecule has 11 aromatic heterocycles. The van der Waals surface area contributed by atoms with Gasteiger partial charge in [-0.15, -0.1) is 0 Å². The third-order valence-corrected chi connectivity index (χ3v) is 24.8. The van der Waals surface area contributed by atoms with Gasteiger partial charge in [0.2, 0.25) is 5.91 Å². The number of likely N-dealkylation sites (tertiary alicyclic amines) is 2. The van der Waals surface area contributed by atoms with E-state index in [1.807, 2.05) is 152 Å². The van der Waals surface area contributed by atoms with Crippen molar-refractivity contribution in [3.8, 4) is 28.6 Å². The monoisotopic (exact) mass is 1720 g/mol. The van der Waals surface area contributed by atoms with E-state index in [0.717, 1.165) is 171 Å². The number of nitrogens with zero attached hydrogens (tertiary/aromatic N) is 14. The molecule has 16 heterocycles. The molecule has 2 amide bonds. The summed E-state index contributed by atoms with van der Waals surface area (Å²) in [5.41, 5.74) is 31.3. The van der Waals surface area contributed by atoms with Crippen molar-refractivity contribution >= 4 is 124 Å². The highest BCUT2D eigenvalue weighted by atomic mass is 35.5. The maximum Gasteiger partial charge on any atom is 0.409 e. The Morgan fingerprint density at radius 3 is 1.38 bits per heavy atom. The van der Waals surface area contributed by atoms with Crippen LogP contribution in [0.1, 0.15) is 109 Å². The Morgan fingerprint density at radius 2 is 0.886 bits per heavy atom. The summed E-state index contributed by atoms with van der Waals surface area (Å²) >= 11 is 24.0. The number of carbonyl (C=O) groups is 2. The van der Waals surface area contributed by atoms with Gasteiger partial charge < -0.3 is 63.4 Å². The van der Waals surface area contributed by atoms with E-state index in [2.05, 4.69) is 157 Å². The molecular formula is C97H100Cl4N16O6. The van der Waals surface area contributed by atoms with Gasteiger partial charge >= 0.3 is 6.09 Å². The largest absolute Gasteiger partial charge is 0.448 e. The van der Waals surface area contributed by atoms with E-state index in [-0.39, 0.29) is 18.6 Å². The molecular weight excluding hydrogens is 1630 g/mol. The molecule has 0 bridgehead atoms. The lowest BCUT2D eigenvalue weighted by atomic mass is 9.89. The number of aromatic nitrogens is 11. The van der Waals surface area contributed by atoms with Gasteiger partial charge in [-0.25, -0.2) is 9.78 Å². The average molecular weight is 1730 g/mol. The Balaban J connectivity index is 0.000000114. The fraction of sp³-hybridized carbons (Fsp3) is 0.299. The van der Waals surface area contributed by atoms with Crippen LogP contribution in [0.5, 0.6) is 0 Å². The van der Waals surface area contributed by atoms with Gasteiger partial charge in [0.15, 0.2) is 0 Å². The summed E-state index contributed by atoms with van der Waals surface area (Å²) < 4.78 is 32.5. The number of pyridine rings is 6. The third kappa shape index (κ3) is 19.7. The Hall–Kier alpha value is -11.3. The molecule has 4 N–H and O–H groups in total. The fourth-order valence-electron chi connectivity index (χ4n) is 17.5. The molecule has 0 saturated carbocycles. The molecule has 0 spiro atoms. The third-order valence-electron chi connectivity index (χ3n) is 23.8. The van der Waals surface area contributed by atoms with Crippen LogP contribution in [0.3, 0.4) is 0 Å². The van der Waals surface area contributed by atoms with Crippen LogP contribution >= 0.6 is 46.4 Å². The lowest BCUT2D eigenvalue weighted by Gasteiger charge is -2.32. The summed E-state index contributed by atoms with van der Waals surface area (Å²) in [5, 5.41) is 9.00. The van der Waals surface area contributed by atoms with E-state index in [1.165, 1.54) is 77.4 Å².